The highest BCUT2D eigenvalue weighted by atomic mass is 16.5. The zero-order valence-corrected chi connectivity index (χ0v) is 14.4. The smallest absolute Gasteiger partial charge is 0.330 e. The Morgan fingerprint density at radius 2 is 1.92 bits per heavy atom. The third kappa shape index (κ3) is 6.09. The number of amides is 1. The second-order valence-corrected chi connectivity index (χ2v) is 6.24. The van der Waals surface area contributed by atoms with Crippen LogP contribution >= 0.6 is 0 Å². The first-order chi connectivity index (χ1) is 11.3. The van der Waals surface area contributed by atoms with Crippen molar-refractivity contribution in [2.75, 3.05) is 13.7 Å². The van der Waals surface area contributed by atoms with Crippen LogP contribution in [0.2, 0.25) is 0 Å². The van der Waals surface area contributed by atoms with Gasteiger partial charge in [-0.2, -0.15) is 0 Å². The van der Waals surface area contributed by atoms with Gasteiger partial charge in [-0.05, 0) is 19.3 Å². The van der Waals surface area contributed by atoms with Crippen molar-refractivity contribution in [1.82, 2.24) is 5.32 Å². The molecule has 0 bridgehead atoms. The van der Waals surface area contributed by atoms with E-state index < -0.39 is 36.4 Å². The zero-order valence-electron chi connectivity index (χ0n) is 14.4. The molecule has 0 radical (unpaired) electrons. The lowest BCUT2D eigenvalue weighted by atomic mass is 9.96. The number of methoxy groups -OCH3 is 1. The third-order valence-electron chi connectivity index (χ3n) is 4.31. The Morgan fingerprint density at radius 3 is 2.42 bits per heavy atom. The van der Waals surface area contributed by atoms with E-state index in [0.29, 0.717) is 0 Å². The molecule has 1 fully saturated rings. The molecule has 0 spiro atoms. The predicted molar refractivity (Wildman–Crippen MR) is 86.2 cm³/mol. The molecule has 0 aromatic heterocycles. The molecule has 24 heavy (non-hydrogen) atoms. The molecule has 8 nitrogen and oxygen atoms in total. The average molecular weight is 344 g/mol. The van der Waals surface area contributed by atoms with Crippen molar-refractivity contribution in [3.8, 4) is 0 Å². The maximum Gasteiger partial charge on any atom is 0.330 e. The number of ether oxygens (including phenoxy) is 2. The van der Waals surface area contributed by atoms with Gasteiger partial charge >= 0.3 is 11.9 Å². The maximum atomic E-state index is 11.9. The summed E-state index contributed by atoms with van der Waals surface area (Å²) in [7, 11) is 1.22. The van der Waals surface area contributed by atoms with Crippen LogP contribution in [0.25, 0.3) is 0 Å². The topological polar surface area (TPSA) is 128 Å². The van der Waals surface area contributed by atoms with Crippen molar-refractivity contribution >= 4 is 17.8 Å². The molecule has 2 atom stereocenters. The number of rotatable bonds is 10. The van der Waals surface area contributed by atoms with Gasteiger partial charge < -0.3 is 25.6 Å². The molecule has 0 aromatic rings. The van der Waals surface area contributed by atoms with E-state index in [1.165, 1.54) is 7.11 Å². The zero-order chi connectivity index (χ0) is 18.2. The molecule has 1 amide bonds. The number of carboxylic acid groups (broad SMARTS) is 1. The van der Waals surface area contributed by atoms with Gasteiger partial charge in [0.05, 0.1) is 31.8 Å². The standard InChI is InChI=1S/C16H28N2O6/c1-3-6-16(7-4-5-8-16)24-10-12(15(22)23-2)18-14(21)11(17)9-13(19)20/h11-12H,3-10,17H2,1-2H3,(H,18,21)(H,19,20)/t11-,12-/m0/s1. The van der Waals surface area contributed by atoms with Gasteiger partial charge in [-0.25, -0.2) is 4.79 Å². The van der Waals surface area contributed by atoms with Crippen LogP contribution in [-0.4, -0.2) is 54.4 Å². The van der Waals surface area contributed by atoms with Crippen LogP contribution in [-0.2, 0) is 23.9 Å². The summed E-state index contributed by atoms with van der Waals surface area (Å²) < 4.78 is 10.7. The lowest BCUT2D eigenvalue weighted by molar-refractivity contribution is -0.150. The van der Waals surface area contributed by atoms with Gasteiger partial charge in [0, 0.05) is 0 Å². The van der Waals surface area contributed by atoms with Gasteiger partial charge in [0.2, 0.25) is 5.91 Å². The summed E-state index contributed by atoms with van der Waals surface area (Å²) in [6.07, 6.45) is 5.38. The van der Waals surface area contributed by atoms with Gasteiger partial charge in [0.1, 0.15) is 0 Å². The first-order valence-corrected chi connectivity index (χ1v) is 8.33. The number of aliphatic carboxylic acids is 1. The van der Waals surface area contributed by atoms with Gasteiger partial charge in [0.15, 0.2) is 6.04 Å². The highest BCUT2D eigenvalue weighted by Gasteiger charge is 2.36. The minimum Gasteiger partial charge on any atom is -0.481 e. The summed E-state index contributed by atoms with van der Waals surface area (Å²) in [5.41, 5.74) is 5.26. The summed E-state index contributed by atoms with van der Waals surface area (Å²) >= 11 is 0. The largest absolute Gasteiger partial charge is 0.481 e. The molecule has 0 heterocycles. The van der Waals surface area contributed by atoms with Crippen LogP contribution in [0.5, 0.6) is 0 Å². The van der Waals surface area contributed by atoms with Crippen LogP contribution in [0, 0.1) is 0 Å². The third-order valence-corrected chi connectivity index (χ3v) is 4.31. The van der Waals surface area contributed by atoms with Crippen molar-refractivity contribution in [2.45, 2.75) is 69.6 Å². The molecule has 0 aromatic carbocycles. The number of nitrogens with one attached hydrogen (secondary N) is 1. The lowest BCUT2D eigenvalue weighted by Crippen LogP contribution is -2.52. The second kappa shape index (κ2) is 9.58. The minimum atomic E-state index is -1.23. The first kappa shape index (κ1) is 20.4. The molecule has 4 N–H and O–H groups in total. The van der Waals surface area contributed by atoms with E-state index in [2.05, 4.69) is 12.2 Å². The Labute approximate surface area is 142 Å². The lowest BCUT2D eigenvalue weighted by Gasteiger charge is -2.31. The highest BCUT2D eigenvalue weighted by molar-refractivity contribution is 5.89. The molecule has 0 unspecified atom stereocenters. The van der Waals surface area contributed by atoms with Crippen molar-refractivity contribution in [2.24, 2.45) is 5.73 Å². The quantitative estimate of drug-likeness (QED) is 0.494. The summed E-state index contributed by atoms with van der Waals surface area (Å²) in [6.45, 7) is 2.06. The van der Waals surface area contributed by atoms with E-state index in [4.69, 9.17) is 20.3 Å². The Kier molecular flexibility index (Phi) is 8.14. The number of hydrogen-bond donors (Lipinski definition) is 3. The van der Waals surface area contributed by atoms with Crippen molar-refractivity contribution in [3.63, 3.8) is 0 Å². The molecule has 1 aliphatic rings. The molecule has 8 heteroatoms. The average Bonchev–Trinajstić information content (AvgIpc) is 2.99. The van der Waals surface area contributed by atoms with Gasteiger partial charge in [-0.3, -0.25) is 9.59 Å². The van der Waals surface area contributed by atoms with Crippen molar-refractivity contribution in [1.29, 1.82) is 0 Å². The van der Waals surface area contributed by atoms with Crippen LogP contribution in [0.15, 0.2) is 0 Å². The first-order valence-electron chi connectivity index (χ1n) is 8.33. The monoisotopic (exact) mass is 344 g/mol. The molecular formula is C16H28N2O6. The van der Waals surface area contributed by atoms with Gasteiger partial charge in [0.25, 0.3) is 0 Å². The van der Waals surface area contributed by atoms with E-state index >= 15 is 0 Å². The van der Waals surface area contributed by atoms with Crippen LogP contribution in [0.1, 0.15) is 51.9 Å². The Morgan fingerprint density at radius 1 is 1.29 bits per heavy atom. The number of esters is 1. The second-order valence-electron chi connectivity index (χ2n) is 6.24. The van der Waals surface area contributed by atoms with Gasteiger partial charge in [-0.1, -0.05) is 26.2 Å². The molecule has 1 saturated carbocycles. The van der Waals surface area contributed by atoms with E-state index in [1.54, 1.807) is 0 Å². The molecule has 1 aliphatic carbocycles. The Bertz CT molecular complexity index is 448. The van der Waals surface area contributed by atoms with Gasteiger partial charge in [-0.15, -0.1) is 0 Å². The SMILES string of the molecule is CCCC1(OC[C@H](NC(=O)[C@@H](N)CC(=O)O)C(=O)OC)CCCC1. The molecule has 1 rings (SSSR count). The number of carboxylic acids is 1. The van der Waals surface area contributed by atoms with E-state index in [9.17, 15) is 14.4 Å². The van der Waals surface area contributed by atoms with Crippen molar-refractivity contribution < 1.29 is 29.0 Å². The fourth-order valence-corrected chi connectivity index (χ4v) is 3.07. The van der Waals surface area contributed by atoms with Crippen LogP contribution in [0.3, 0.4) is 0 Å². The maximum absolute atomic E-state index is 11.9. The normalized spacial score (nSPS) is 18.6. The van der Waals surface area contributed by atoms with E-state index in [-0.39, 0.29) is 12.2 Å². The Hall–Kier alpha value is -1.67. The van der Waals surface area contributed by atoms with E-state index in [1.807, 2.05) is 0 Å². The fourth-order valence-electron chi connectivity index (χ4n) is 3.07. The van der Waals surface area contributed by atoms with E-state index in [0.717, 1.165) is 38.5 Å². The van der Waals surface area contributed by atoms with Crippen LogP contribution < -0.4 is 11.1 Å². The highest BCUT2D eigenvalue weighted by Crippen LogP contribution is 2.37. The molecule has 0 aliphatic heterocycles. The molecule has 0 saturated heterocycles. The number of carbonyl (C=O) groups is 3. The summed E-state index contributed by atoms with van der Waals surface area (Å²) in [5.74, 6) is -2.54. The van der Waals surface area contributed by atoms with Crippen molar-refractivity contribution in [3.05, 3.63) is 0 Å². The minimum absolute atomic E-state index is 0.0157. The summed E-state index contributed by atoms with van der Waals surface area (Å²) in [4.78, 5) is 34.5. The molecular weight excluding hydrogens is 316 g/mol. The molecule has 138 valence electrons. The number of nitrogens with two attached hydrogens (primary N) is 1. The summed E-state index contributed by atoms with van der Waals surface area (Å²) in [6, 6.07) is -2.23. The number of carbonyl (C=O) groups excluding carboxylic acids is 2. The van der Waals surface area contributed by atoms with Crippen LogP contribution in [0.4, 0.5) is 0 Å². The predicted octanol–water partition coefficient (Wildman–Crippen LogP) is 0.576. The number of hydrogen-bond acceptors (Lipinski definition) is 6. The Balaban J connectivity index is 2.66. The fraction of sp³-hybridized carbons (Fsp3) is 0.812. The summed E-state index contributed by atoms with van der Waals surface area (Å²) in [5, 5.41) is 11.1.